The summed E-state index contributed by atoms with van der Waals surface area (Å²) in [6, 6.07) is 5.08. The zero-order valence-corrected chi connectivity index (χ0v) is 11.9. The Morgan fingerprint density at radius 3 is 2.59 bits per heavy atom. The van der Waals surface area contributed by atoms with Crippen LogP contribution in [0.5, 0.6) is 0 Å². The number of methoxy groups -OCH3 is 1. The topological polar surface area (TPSA) is 63.6 Å². The number of carbonyl (C=O) groups excluding carboxylic acids is 2. The number of ketones is 1. The van der Waals surface area contributed by atoms with Gasteiger partial charge in [-0.25, -0.2) is 4.79 Å². The van der Waals surface area contributed by atoms with Crippen molar-refractivity contribution in [3.05, 3.63) is 38.8 Å². The lowest BCUT2D eigenvalue weighted by atomic mass is 10.1. The third-order valence-electron chi connectivity index (χ3n) is 1.86. The maximum atomic E-state index is 11.2. The molecule has 1 aromatic carbocycles. The number of hydrogen-bond acceptors (Lipinski definition) is 4. The van der Waals surface area contributed by atoms with Crippen molar-refractivity contribution in [1.29, 1.82) is 0 Å². The van der Waals surface area contributed by atoms with Crippen molar-refractivity contribution in [3.63, 3.8) is 0 Å². The first-order valence-corrected chi connectivity index (χ1v) is 6.02. The highest BCUT2D eigenvalue weighted by atomic mass is 79.9. The van der Waals surface area contributed by atoms with E-state index in [4.69, 9.17) is 0 Å². The standard InChI is InChI=1S/C11H8Br2O4/c1-17-11(16)10(15)5-9(14)7-4-6(12)2-3-8(7)13/h2-5,14H,1H3. The molecule has 0 bridgehead atoms. The van der Waals surface area contributed by atoms with Gasteiger partial charge in [0.1, 0.15) is 5.76 Å². The van der Waals surface area contributed by atoms with Crippen molar-refractivity contribution in [2.75, 3.05) is 7.11 Å². The Morgan fingerprint density at radius 2 is 2.00 bits per heavy atom. The first-order chi connectivity index (χ1) is 7.95. The maximum absolute atomic E-state index is 11.2. The van der Waals surface area contributed by atoms with Gasteiger partial charge in [0.2, 0.25) is 0 Å². The molecule has 1 aromatic rings. The van der Waals surface area contributed by atoms with E-state index in [0.717, 1.165) is 17.7 Å². The molecule has 4 nitrogen and oxygen atoms in total. The van der Waals surface area contributed by atoms with Crippen LogP contribution in [-0.4, -0.2) is 24.0 Å². The molecule has 17 heavy (non-hydrogen) atoms. The van der Waals surface area contributed by atoms with E-state index in [1.807, 2.05) is 0 Å². The van der Waals surface area contributed by atoms with Gasteiger partial charge < -0.3 is 9.84 Å². The lowest BCUT2D eigenvalue weighted by Gasteiger charge is -2.03. The third-order valence-corrected chi connectivity index (χ3v) is 3.04. The lowest BCUT2D eigenvalue weighted by Crippen LogP contribution is -2.13. The fraction of sp³-hybridized carbons (Fsp3) is 0.0909. The van der Waals surface area contributed by atoms with Gasteiger partial charge in [-0.3, -0.25) is 4.79 Å². The fourth-order valence-corrected chi connectivity index (χ4v) is 1.87. The first-order valence-electron chi connectivity index (χ1n) is 4.44. The van der Waals surface area contributed by atoms with Crippen LogP contribution in [-0.2, 0) is 14.3 Å². The van der Waals surface area contributed by atoms with Gasteiger partial charge in [0.25, 0.3) is 5.78 Å². The average molecular weight is 364 g/mol. The van der Waals surface area contributed by atoms with E-state index in [0.29, 0.717) is 10.0 Å². The summed E-state index contributed by atoms with van der Waals surface area (Å²) in [6.45, 7) is 0. The molecular weight excluding hydrogens is 356 g/mol. The van der Waals surface area contributed by atoms with Crippen LogP contribution < -0.4 is 0 Å². The van der Waals surface area contributed by atoms with E-state index < -0.39 is 11.8 Å². The second-order valence-electron chi connectivity index (χ2n) is 3.01. The van der Waals surface area contributed by atoms with Crippen molar-refractivity contribution in [3.8, 4) is 0 Å². The molecule has 0 atom stereocenters. The number of carbonyl (C=O) groups is 2. The predicted molar refractivity (Wildman–Crippen MR) is 69.5 cm³/mol. The smallest absolute Gasteiger partial charge is 0.378 e. The average Bonchev–Trinajstić information content (AvgIpc) is 2.30. The van der Waals surface area contributed by atoms with Crippen molar-refractivity contribution < 1.29 is 19.4 Å². The van der Waals surface area contributed by atoms with E-state index in [2.05, 4.69) is 36.6 Å². The summed E-state index contributed by atoms with van der Waals surface area (Å²) < 4.78 is 5.58. The Bertz CT molecular complexity index is 494. The Kier molecular flexibility index (Phi) is 4.89. The number of aliphatic hydroxyl groups is 1. The highest BCUT2D eigenvalue weighted by Gasteiger charge is 2.14. The van der Waals surface area contributed by atoms with Crippen LogP contribution in [0.1, 0.15) is 5.56 Å². The van der Waals surface area contributed by atoms with E-state index in [-0.39, 0.29) is 5.76 Å². The van der Waals surface area contributed by atoms with E-state index in [1.165, 1.54) is 0 Å². The molecule has 0 spiro atoms. The molecule has 0 fully saturated rings. The molecule has 0 radical (unpaired) electrons. The van der Waals surface area contributed by atoms with Crippen molar-refractivity contribution in [2.24, 2.45) is 0 Å². The van der Waals surface area contributed by atoms with Gasteiger partial charge in [-0.2, -0.15) is 0 Å². The first kappa shape index (κ1) is 13.9. The summed E-state index contributed by atoms with van der Waals surface area (Å²) in [5.41, 5.74) is 0.400. The zero-order valence-electron chi connectivity index (χ0n) is 8.74. The molecule has 0 saturated heterocycles. The van der Waals surface area contributed by atoms with Crippen LogP contribution >= 0.6 is 31.9 Å². The fourth-order valence-electron chi connectivity index (χ4n) is 1.06. The second kappa shape index (κ2) is 5.97. The van der Waals surface area contributed by atoms with Crippen LogP contribution in [0.2, 0.25) is 0 Å². The Hall–Kier alpha value is -1.14. The molecular formula is C11H8Br2O4. The number of rotatable bonds is 3. The summed E-state index contributed by atoms with van der Waals surface area (Å²) in [5, 5.41) is 9.72. The van der Waals surface area contributed by atoms with Gasteiger partial charge in [-0.05, 0) is 18.2 Å². The van der Waals surface area contributed by atoms with Crippen LogP contribution in [0, 0.1) is 0 Å². The third kappa shape index (κ3) is 3.67. The summed E-state index contributed by atoms with van der Waals surface area (Å²) in [7, 11) is 1.10. The van der Waals surface area contributed by atoms with Crippen LogP contribution in [0.3, 0.4) is 0 Å². The SMILES string of the molecule is COC(=O)C(=O)C=C(O)c1cc(Br)ccc1Br. The molecule has 1 N–H and O–H groups in total. The molecule has 0 aliphatic heterocycles. The van der Waals surface area contributed by atoms with Crippen LogP contribution in [0.4, 0.5) is 0 Å². The largest absolute Gasteiger partial charge is 0.507 e. The van der Waals surface area contributed by atoms with Gasteiger partial charge in [0.15, 0.2) is 0 Å². The number of halogens is 2. The highest BCUT2D eigenvalue weighted by molar-refractivity contribution is 9.11. The van der Waals surface area contributed by atoms with Crippen molar-refractivity contribution >= 4 is 49.4 Å². The minimum absolute atomic E-state index is 0.312. The lowest BCUT2D eigenvalue weighted by molar-refractivity contribution is -0.149. The number of benzene rings is 1. The van der Waals surface area contributed by atoms with E-state index in [9.17, 15) is 14.7 Å². The molecule has 1 rings (SSSR count). The molecule has 0 unspecified atom stereocenters. The highest BCUT2D eigenvalue weighted by Crippen LogP contribution is 2.26. The number of aliphatic hydroxyl groups excluding tert-OH is 1. The summed E-state index contributed by atoms with van der Waals surface area (Å²) in [5.74, 6) is -2.26. The number of hydrogen-bond donors (Lipinski definition) is 1. The Balaban J connectivity index is 3.07. The number of esters is 1. The monoisotopic (exact) mass is 362 g/mol. The quantitative estimate of drug-likeness (QED) is 0.388. The van der Waals surface area contributed by atoms with Crippen LogP contribution in [0.25, 0.3) is 5.76 Å². The van der Waals surface area contributed by atoms with Gasteiger partial charge in [-0.15, -0.1) is 0 Å². The zero-order chi connectivity index (χ0) is 13.0. The molecule has 0 aliphatic carbocycles. The minimum atomic E-state index is -1.03. The summed E-state index contributed by atoms with van der Waals surface area (Å²) in [6.07, 6.45) is 0.818. The molecule has 6 heteroatoms. The molecule has 0 amide bonds. The number of ether oxygens (including phenoxy) is 1. The molecule has 0 aromatic heterocycles. The predicted octanol–water partition coefficient (Wildman–Crippen LogP) is 2.85. The van der Waals surface area contributed by atoms with Gasteiger partial charge in [0.05, 0.1) is 7.11 Å². The molecule has 0 aliphatic rings. The van der Waals surface area contributed by atoms with Crippen molar-refractivity contribution in [1.82, 2.24) is 0 Å². The van der Waals surface area contributed by atoms with Crippen molar-refractivity contribution in [2.45, 2.75) is 0 Å². The van der Waals surface area contributed by atoms with Gasteiger partial charge in [-0.1, -0.05) is 31.9 Å². The summed E-state index contributed by atoms with van der Waals surface area (Å²) >= 11 is 6.46. The van der Waals surface area contributed by atoms with Crippen LogP contribution in [0.15, 0.2) is 33.2 Å². The Labute approximate surface area is 115 Å². The molecule has 0 saturated carbocycles. The van der Waals surface area contributed by atoms with Gasteiger partial charge in [0, 0.05) is 20.6 Å². The molecule has 90 valence electrons. The van der Waals surface area contributed by atoms with Gasteiger partial charge >= 0.3 is 5.97 Å². The van der Waals surface area contributed by atoms with E-state index >= 15 is 0 Å². The Morgan fingerprint density at radius 1 is 1.35 bits per heavy atom. The molecule has 0 heterocycles. The normalized spacial score (nSPS) is 11.1. The second-order valence-corrected chi connectivity index (χ2v) is 4.78. The maximum Gasteiger partial charge on any atom is 0.378 e. The minimum Gasteiger partial charge on any atom is -0.507 e. The van der Waals surface area contributed by atoms with E-state index in [1.54, 1.807) is 18.2 Å². The summed E-state index contributed by atoms with van der Waals surface area (Å²) in [4.78, 5) is 22.1.